The predicted molar refractivity (Wildman–Crippen MR) is 62.7 cm³/mol. The lowest BCUT2D eigenvalue weighted by Crippen LogP contribution is -2.40. The van der Waals surface area contributed by atoms with E-state index in [9.17, 15) is 4.79 Å². The van der Waals surface area contributed by atoms with Gasteiger partial charge < -0.3 is 10.2 Å². The Kier molecular flexibility index (Phi) is 2.96. The van der Waals surface area contributed by atoms with E-state index in [0.717, 1.165) is 6.54 Å². The molecule has 6 heteroatoms. The molecule has 0 bridgehead atoms. The van der Waals surface area contributed by atoms with Crippen molar-refractivity contribution in [2.24, 2.45) is 5.92 Å². The summed E-state index contributed by atoms with van der Waals surface area (Å²) in [6.45, 7) is 5.27. The van der Waals surface area contributed by atoms with Crippen LogP contribution in [0.5, 0.6) is 0 Å². The summed E-state index contributed by atoms with van der Waals surface area (Å²) in [5.41, 5.74) is 0.626. The number of hydrogen-bond donors (Lipinski definition) is 1. The van der Waals surface area contributed by atoms with E-state index in [1.165, 1.54) is 6.20 Å². The molecule has 0 aliphatic carbocycles. The summed E-state index contributed by atoms with van der Waals surface area (Å²) in [6, 6.07) is 0. The van der Waals surface area contributed by atoms with Gasteiger partial charge in [0, 0.05) is 6.54 Å². The van der Waals surface area contributed by atoms with E-state index in [2.05, 4.69) is 29.1 Å². The van der Waals surface area contributed by atoms with Gasteiger partial charge in [0.2, 0.25) is 11.2 Å². The quantitative estimate of drug-likeness (QED) is 0.797. The monoisotopic (exact) mass is 240 g/mol. The Labute approximate surface area is 98.8 Å². The van der Waals surface area contributed by atoms with Crippen LogP contribution in [-0.4, -0.2) is 29.0 Å². The molecule has 0 saturated carbocycles. The molecule has 0 fully saturated rings. The van der Waals surface area contributed by atoms with E-state index in [1.54, 1.807) is 0 Å². The summed E-state index contributed by atoms with van der Waals surface area (Å²) < 4.78 is 0. The van der Waals surface area contributed by atoms with Gasteiger partial charge in [-0.25, -0.2) is 4.98 Å². The van der Waals surface area contributed by atoms with Crippen molar-refractivity contribution in [1.82, 2.24) is 9.97 Å². The van der Waals surface area contributed by atoms with Gasteiger partial charge >= 0.3 is 0 Å². The van der Waals surface area contributed by atoms with Gasteiger partial charge in [-0.2, -0.15) is 4.98 Å². The Morgan fingerprint density at radius 2 is 2.38 bits per heavy atom. The van der Waals surface area contributed by atoms with Crippen LogP contribution in [0.4, 0.5) is 11.5 Å². The van der Waals surface area contributed by atoms with Gasteiger partial charge in [-0.1, -0.05) is 13.8 Å². The molecule has 1 aliphatic heterocycles. The first kappa shape index (κ1) is 11.1. The van der Waals surface area contributed by atoms with Crippen LogP contribution in [-0.2, 0) is 4.79 Å². The van der Waals surface area contributed by atoms with Crippen molar-refractivity contribution in [1.29, 1.82) is 0 Å². The third-order valence-electron chi connectivity index (χ3n) is 2.23. The highest BCUT2D eigenvalue weighted by molar-refractivity contribution is 6.28. The number of carbonyl (C=O) groups excluding carboxylic acids is 1. The van der Waals surface area contributed by atoms with Gasteiger partial charge in [0.1, 0.15) is 5.69 Å². The molecule has 16 heavy (non-hydrogen) atoms. The predicted octanol–water partition coefficient (Wildman–Crippen LogP) is 1.54. The Bertz CT molecular complexity index is 421. The smallest absolute Gasteiger partial charge is 0.244 e. The number of amides is 1. The van der Waals surface area contributed by atoms with Crippen LogP contribution in [0.25, 0.3) is 0 Å². The molecule has 0 aromatic carbocycles. The molecule has 1 aromatic rings. The molecule has 0 radical (unpaired) electrons. The van der Waals surface area contributed by atoms with E-state index in [0.29, 0.717) is 24.0 Å². The number of carbonyl (C=O) groups is 1. The second-order valence-electron chi connectivity index (χ2n) is 4.20. The first-order valence-corrected chi connectivity index (χ1v) is 5.51. The van der Waals surface area contributed by atoms with E-state index in [4.69, 9.17) is 11.6 Å². The minimum Gasteiger partial charge on any atom is -0.345 e. The topological polar surface area (TPSA) is 58.1 Å². The number of halogens is 1. The van der Waals surface area contributed by atoms with E-state index in [1.807, 2.05) is 4.90 Å². The number of nitrogens with one attached hydrogen (secondary N) is 1. The molecule has 0 atom stereocenters. The number of anilines is 2. The van der Waals surface area contributed by atoms with Crippen molar-refractivity contribution >= 4 is 29.0 Å². The largest absolute Gasteiger partial charge is 0.345 e. The summed E-state index contributed by atoms with van der Waals surface area (Å²) >= 11 is 5.75. The molecule has 1 amide bonds. The number of fused-ring (bicyclic) bond motifs is 1. The summed E-state index contributed by atoms with van der Waals surface area (Å²) in [7, 11) is 0. The van der Waals surface area contributed by atoms with Crippen LogP contribution in [0.3, 0.4) is 0 Å². The first-order chi connectivity index (χ1) is 7.56. The summed E-state index contributed by atoms with van der Waals surface area (Å²) in [4.78, 5) is 21.4. The number of rotatable bonds is 2. The lowest BCUT2D eigenvalue weighted by Gasteiger charge is -2.30. The Morgan fingerprint density at radius 3 is 3.06 bits per heavy atom. The summed E-state index contributed by atoms with van der Waals surface area (Å²) in [5.74, 6) is 1.11. The maximum absolute atomic E-state index is 11.5. The zero-order chi connectivity index (χ0) is 11.7. The molecule has 1 aromatic heterocycles. The second-order valence-corrected chi connectivity index (χ2v) is 4.54. The fraction of sp³-hybridized carbons (Fsp3) is 0.500. The number of nitrogens with zero attached hydrogens (tertiary/aromatic N) is 3. The third-order valence-corrected chi connectivity index (χ3v) is 2.41. The summed E-state index contributed by atoms with van der Waals surface area (Å²) in [6.07, 6.45) is 1.54. The zero-order valence-corrected chi connectivity index (χ0v) is 9.95. The van der Waals surface area contributed by atoms with Crippen LogP contribution in [0.15, 0.2) is 6.20 Å². The lowest BCUT2D eigenvalue weighted by molar-refractivity contribution is -0.115. The van der Waals surface area contributed by atoms with Gasteiger partial charge in [0.05, 0.1) is 12.7 Å². The average Bonchev–Trinajstić information content (AvgIpc) is 2.18. The van der Waals surface area contributed by atoms with Crippen molar-refractivity contribution < 1.29 is 4.79 Å². The first-order valence-electron chi connectivity index (χ1n) is 5.13. The van der Waals surface area contributed by atoms with Crippen LogP contribution in [0.2, 0.25) is 5.28 Å². The Hall–Kier alpha value is -1.36. The number of hydrogen-bond acceptors (Lipinski definition) is 4. The molecule has 1 N–H and O–H groups in total. The molecule has 0 spiro atoms. The highest BCUT2D eigenvalue weighted by atomic mass is 35.5. The number of aromatic nitrogens is 2. The molecular formula is C10H13ClN4O. The SMILES string of the molecule is CC(C)CN1CC(=O)Nc2cnc(Cl)nc21. The molecule has 2 heterocycles. The highest BCUT2D eigenvalue weighted by Crippen LogP contribution is 2.27. The van der Waals surface area contributed by atoms with Crippen molar-refractivity contribution in [3.63, 3.8) is 0 Å². The van der Waals surface area contributed by atoms with Crippen LogP contribution in [0, 0.1) is 5.92 Å². The lowest BCUT2D eigenvalue weighted by atomic mass is 10.2. The van der Waals surface area contributed by atoms with Gasteiger partial charge in [-0.15, -0.1) is 0 Å². The zero-order valence-electron chi connectivity index (χ0n) is 9.20. The van der Waals surface area contributed by atoms with Gasteiger partial charge in [-0.3, -0.25) is 4.79 Å². The highest BCUT2D eigenvalue weighted by Gasteiger charge is 2.24. The van der Waals surface area contributed by atoms with Gasteiger partial charge in [-0.05, 0) is 17.5 Å². The van der Waals surface area contributed by atoms with Gasteiger partial charge in [0.25, 0.3) is 0 Å². The fourth-order valence-corrected chi connectivity index (χ4v) is 1.84. The van der Waals surface area contributed by atoms with Crippen LogP contribution >= 0.6 is 11.6 Å². The normalized spacial score (nSPS) is 15.0. The molecule has 2 rings (SSSR count). The molecular weight excluding hydrogens is 228 g/mol. The minimum atomic E-state index is -0.0425. The molecule has 1 aliphatic rings. The van der Waals surface area contributed by atoms with Crippen LogP contribution < -0.4 is 10.2 Å². The van der Waals surface area contributed by atoms with Crippen molar-refractivity contribution in [2.75, 3.05) is 23.3 Å². The maximum atomic E-state index is 11.5. The maximum Gasteiger partial charge on any atom is 0.244 e. The fourth-order valence-electron chi connectivity index (χ4n) is 1.71. The standard InChI is InChI=1S/C10H13ClN4O/c1-6(2)4-15-5-8(16)13-7-3-12-10(11)14-9(7)15/h3,6H,4-5H2,1-2H3,(H,13,16). The van der Waals surface area contributed by atoms with Crippen molar-refractivity contribution in [3.8, 4) is 0 Å². The second kappa shape index (κ2) is 4.25. The summed E-state index contributed by atoms with van der Waals surface area (Å²) in [5, 5.41) is 2.92. The minimum absolute atomic E-state index is 0.0425. The Balaban J connectivity index is 2.35. The Morgan fingerprint density at radius 1 is 1.62 bits per heavy atom. The van der Waals surface area contributed by atoms with E-state index >= 15 is 0 Å². The van der Waals surface area contributed by atoms with E-state index < -0.39 is 0 Å². The molecule has 5 nitrogen and oxygen atoms in total. The van der Waals surface area contributed by atoms with Gasteiger partial charge in [0.15, 0.2) is 5.82 Å². The molecule has 0 saturated heterocycles. The molecule has 86 valence electrons. The van der Waals surface area contributed by atoms with E-state index in [-0.39, 0.29) is 11.2 Å². The third kappa shape index (κ3) is 2.24. The van der Waals surface area contributed by atoms with Crippen LogP contribution in [0.1, 0.15) is 13.8 Å². The van der Waals surface area contributed by atoms with Crippen molar-refractivity contribution in [3.05, 3.63) is 11.5 Å². The molecule has 0 unspecified atom stereocenters. The average molecular weight is 241 g/mol. The van der Waals surface area contributed by atoms with Crippen molar-refractivity contribution in [2.45, 2.75) is 13.8 Å².